The smallest absolute Gasteiger partial charge is 0.232 e. The molecule has 0 rings (SSSR count). The molecule has 3 nitrogen and oxygen atoms in total. The summed E-state index contributed by atoms with van der Waals surface area (Å²) in [6, 6.07) is 0. The van der Waals surface area contributed by atoms with Gasteiger partial charge in [-0.1, -0.05) is 6.92 Å². The van der Waals surface area contributed by atoms with Crippen molar-refractivity contribution >= 4 is 17.7 Å². The molecule has 0 saturated carbocycles. The Balaban J connectivity index is 3.47. The third-order valence-corrected chi connectivity index (χ3v) is 2.74. The van der Waals surface area contributed by atoms with Gasteiger partial charge in [0.05, 0.1) is 5.75 Å². The predicted octanol–water partition coefficient (Wildman–Crippen LogP) is 0.579. The number of carbonyl (C=O) groups excluding carboxylic acids is 1. The molecule has 4 heteroatoms. The maximum Gasteiger partial charge on any atom is 0.232 e. The first kappa shape index (κ1) is 11.8. The number of thioether (sulfide) groups is 1. The van der Waals surface area contributed by atoms with Gasteiger partial charge in [0.1, 0.15) is 0 Å². The number of aliphatic hydroxyl groups excluding tert-OH is 1. The van der Waals surface area contributed by atoms with Gasteiger partial charge in [0, 0.05) is 26.0 Å². The largest absolute Gasteiger partial charge is 0.396 e. The van der Waals surface area contributed by atoms with Crippen LogP contribution < -0.4 is 0 Å². The van der Waals surface area contributed by atoms with Crippen molar-refractivity contribution in [3.8, 4) is 0 Å². The first-order valence-corrected chi connectivity index (χ1v) is 5.05. The molecule has 12 heavy (non-hydrogen) atoms. The van der Waals surface area contributed by atoms with E-state index in [1.165, 1.54) is 0 Å². The summed E-state index contributed by atoms with van der Waals surface area (Å²) in [5, 5.41) is 8.96. The molecule has 0 aromatic carbocycles. The Morgan fingerprint density at radius 2 is 2.17 bits per heavy atom. The lowest BCUT2D eigenvalue weighted by molar-refractivity contribution is -0.125. The Labute approximate surface area is 78.1 Å². The summed E-state index contributed by atoms with van der Waals surface area (Å²) in [7, 11) is 3.50. The Hall–Kier alpha value is -0.220. The molecule has 0 aliphatic carbocycles. The highest BCUT2D eigenvalue weighted by molar-refractivity contribution is 8.00. The normalized spacial score (nSPS) is 12.7. The zero-order valence-corrected chi connectivity index (χ0v) is 8.73. The summed E-state index contributed by atoms with van der Waals surface area (Å²) in [4.78, 5) is 12.7. The van der Waals surface area contributed by atoms with Gasteiger partial charge in [0.15, 0.2) is 0 Å². The molecule has 0 aromatic heterocycles. The zero-order valence-electron chi connectivity index (χ0n) is 7.91. The zero-order chi connectivity index (χ0) is 9.56. The molecule has 1 amide bonds. The van der Waals surface area contributed by atoms with Gasteiger partial charge in [0.2, 0.25) is 5.91 Å². The minimum Gasteiger partial charge on any atom is -0.396 e. The van der Waals surface area contributed by atoms with Gasteiger partial charge in [-0.05, 0) is 6.42 Å². The van der Waals surface area contributed by atoms with Crippen molar-refractivity contribution in [3.05, 3.63) is 0 Å². The molecular formula is C8H17NO2S. The molecule has 0 heterocycles. The summed E-state index contributed by atoms with van der Waals surface area (Å²) in [5.74, 6) is 0.638. The number of carbonyl (C=O) groups is 1. The van der Waals surface area contributed by atoms with Crippen LogP contribution in [0, 0.1) is 0 Å². The highest BCUT2D eigenvalue weighted by atomic mass is 32.2. The van der Waals surface area contributed by atoms with Crippen LogP contribution in [0.1, 0.15) is 13.3 Å². The lowest BCUT2D eigenvalue weighted by atomic mass is 10.3. The van der Waals surface area contributed by atoms with Crippen LogP contribution in [0.2, 0.25) is 0 Å². The van der Waals surface area contributed by atoms with Crippen LogP contribution in [-0.2, 0) is 4.79 Å². The molecule has 0 aromatic rings. The quantitative estimate of drug-likeness (QED) is 0.691. The maximum atomic E-state index is 11.1. The molecule has 0 fully saturated rings. The molecule has 0 aliphatic rings. The van der Waals surface area contributed by atoms with Crippen LogP contribution in [0.5, 0.6) is 0 Å². The molecule has 1 atom stereocenters. The fourth-order valence-electron chi connectivity index (χ4n) is 0.608. The minimum absolute atomic E-state index is 0.129. The standard InChI is InChI=1S/C8H17NO2S/c1-7(4-5-10)12-6-8(11)9(2)3/h7,10H,4-6H2,1-3H3. The van der Waals surface area contributed by atoms with Gasteiger partial charge >= 0.3 is 0 Å². The van der Waals surface area contributed by atoms with E-state index in [0.717, 1.165) is 6.42 Å². The fraction of sp³-hybridized carbons (Fsp3) is 0.875. The monoisotopic (exact) mass is 191 g/mol. The third kappa shape index (κ3) is 5.43. The summed E-state index contributed by atoms with van der Waals surface area (Å²) in [6.07, 6.45) is 0.755. The Bertz CT molecular complexity index is 139. The predicted molar refractivity (Wildman–Crippen MR) is 52.3 cm³/mol. The minimum atomic E-state index is 0.129. The molecule has 72 valence electrons. The van der Waals surface area contributed by atoms with Crippen LogP contribution in [0.3, 0.4) is 0 Å². The highest BCUT2D eigenvalue weighted by Gasteiger charge is 2.07. The fourth-order valence-corrected chi connectivity index (χ4v) is 1.57. The van der Waals surface area contributed by atoms with E-state index in [-0.39, 0.29) is 12.5 Å². The molecule has 1 N–H and O–H groups in total. The van der Waals surface area contributed by atoms with Crippen LogP contribution in [0.4, 0.5) is 0 Å². The van der Waals surface area contributed by atoms with Crippen molar-refractivity contribution in [2.75, 3.05) is 26.5 Å². The van der Waals surface area contributed by atoms with Crippen LogP contribution >= 0.6 is 11.8 Å². The van der Waals surface area contributed by atoms with Crippen molar-refractivity contribution in [2.45, 2.75) is 18.6 Å². The van der Waals surface area contributed by atoms with Crippen LogP contribution in [0.25, 0.3) is 0 Å². The number of hydrogen-bond donors (Lipinski definition) is 1. The van der Waals surface area contributed by atoms with E-state index in [9.17, 15) is 4.79 Å². The van der Waals surface area contributed by atoms with Crippen molar-refractivity contribution in [3.63, 3.8) is 0 Å². The van der Waals surface area contributed by atoms with E-state index in [4.69, 9.17) is 5.11 Å². The molecule has 0 spiro atoms. The highest BCUT2D eigenvalue weighted by Crippen LogP contribution is 2.13. The van der Waals surface area contributed by atoms with Crippen molar-refractivity contribution < 1.29 is 9.90 Å². The summed E-state index contributed by atoms with van der Waals surface area (Å²) >= 11 is 1.59. The van der Waals surface area contributed by atoms with Gasteiger partial charge in [-0.2, -0.15) is 0 Å². The number of hydrogen-bond acceptors (Lipinski definition) is 3. The second kappa shape index (κ2) is 6.31. The van der Waals surface area contributed by atoms with Gasteiger partial charge in [-0.15, -0.1) is 11.8 Å². The number of aliphatic hydroxyl groups is 1. The van der Waals surface area contributed by atoms with Gasteiger partial charge in [0.25, 0.3) is 0 Å². The average Bonchev–Trinajstić information content (AvgIpc) is 2.00. The summed E-state index contributed by atoms with van der Waals surface area (Å²) in [6.45, 7) is 2.22. The third-order valence-electron chi connectivity index (χ3n) is 1.53. The lowest BCUT2D eigenvalue weighted by Gasteiger charge is -2.12. The topological polar surface area (TPSA) is 40.5 Å². The molecular weight excluding hydrogens is 174 g/mol. The van der Waals surface area contributed by atoms with E-state index in [0.29, 0.717) is 11.0 Å². The van der Waals surface area contributed by atoms with E-state index in [2.05, 4.69) is 0 Å². The summed E-state index contributed by atoms with van der Waals surface area (Å²) < 4.78 is 0. The molecule has 1 unspecified atom stereocenters. The number of nitrogens with zero attached hydrogens (tertiary/aromatic N) is 1. The van der Waals surface area contributed by atoms with Crippen molar-refractivity contribution in [1.82, 2.24) is 4.90 Å². The van der Waals surface area contributed by atoms with Crippen molar-refractivity contribution in [1.29, 1.82) is 0 Å². The Morgan fingerprint density at radius 1 is 1.58 bits per heavy atom. The first-order chi connectivity index (χ1) is 5.57. The lowest BCUT2D eigenvalue weighted by Crippen LogP contribution is -2.24. The first-order valence-electron chi connectivity index (χ1n) is 4.00. The van der Waals surface area contributed by atoms with Gasteiger partial charge < -0.3 is 10.0 Å². The van der Waals surface area contributed by atoms with Gasteiger partial charge in [-0.3, -0.25) is 4.79 Å². The summed E-state index contributed by atoms with van der Waals surface area (Å²) in [5.41, 5.74) is 0. The average molecular weight is 191 g/mol. The number of rotatable bonds is 5. The van der Waals surface area contributed by atoms with Crippen LogP contribution in [0.15, 0.2) is 0 Å². The van der Waals surface area contributed by atoms with E-state index < -0.39 is 0 Å². The van der Waals surface area contributed by atoms with E-state index >= 15 is 0 Å². The Kier molecular flexibility index (Phi) is 6.20. The van der Waals surface area contributed by atoms with Crippen LogP contribution in [-0.4, -0.2) is 47.6 Å². The molecule has 0 radical (unpaired) electrons. The SMILES string of the molecule is CC(CCO)SCC(=O)N(C)C. The second-order valence-corrected chi connectivity index (χ2v) is 4.35. The second-order valence-electron chi connectivity index (χ2n) is 2.92. The van der Waals surface area contributed by atoms with Crippen molar-refractivity contribution in [2.24, 2.45) is 0 Å². The number of amides is 1. The molecule has 0 saturated heterocycles. The van der Waals surface area contributed by atoms with E-state index in [1.54, 1.807) is 30.8 Å². The van der Waals surface area contributed by atoms with Gasteiger partial charge in [-0.25, -0.2) is 0 Å². The maximum absolute atomic E-state index is 11.1. The van der Waals surface area contributed by atoms with E-state index in [1.807, 2.05) is 6.92 Å². The molecule has 0 bridgehead atoms. The molecule has 0 aliphatic heterocycles. The Morgan fingerprint density at radius 3 is 2.58 bits per heavy atom.